The zero-order valence-electron chi connectivity index (χ0n) is 11.2. The molecule has 3 N–H and O–H groups in total. The van der Waals surface area contributed by atoms with Crippen LogP contribution in [-0.4, -0.2) is 8.42 Å². The number of rotatable bonds is 4. The fourth-order valence-corrected chi connectivity index (χ4v) is 3.18. The number of halogens is 2. The lowest BCUT2D eigenvalue weighted by Gasteiger charge is -2.13. The smallest absolute Gasteiger partial charge is 0.238 e. The minimum Gasteiger partial charge on any atom is -0.381 e. The summed E-state index contributed by atoms with van der Waals surface area (Å²) in [6.07, 6.45) is 0. The first-order valence-corrected chi connectivity index (χ1v) is 8.43. The van der Waals surface area contributed by atoms with Crippen molar-refractivity contribution in [3.05, 3.63) is 57.8 Å². The maximum Gasteiger partial charge on any atom is 0.238 e. The Morgan fingerprint density at radius 3 is 2.67 bits per heavy atom. The van der Waals surface area contributed by atoms with E-state index in [-0.39, 0.29) is 10.7 Å². The van der Waals surface area contributed by atoms with Gasteiger partial charge in [-0.15, -0.1) is 0 Å². The summed E-state index contributed by atoms with van der Waals surface area (Å²) in [7, 11) is -3.76. The SMILES string of the molecule is Cc1c(NCc2cc(F)ccc2Br)cccc1S(N)(=O)=O. The molecule has 0 amide bonds. The number of nitrogens with one attached hydrogen (secondary N) is 1. The molecule has 2 aromatic rings. The van der Waals surface area contributed by atoms with E-state index in [1.165, 1.54) is 18.2 Å². The van der Waals surface area contributed by atoms with Crippen molar-refractivity contribution >= 4 is 31.6 Å². The molecule has 0 spiro atoms. The van der Waals surface area contributed by atoms with E-state index in [1.54, 1.807) is 25.1 Å². The van der Waals surface area contributed by atoms with E-state index in [1.807, 2.05) is 0 Å². The highest BCUT2D eigenvalue weighted by Crippen LogP contribution is 2.24. The largest absolute Gasteiger partial charge is 0.381 e. The highest BCUT2D eigenvalue weighted by Gasteiger charge is 2.13. The third-order valence-corrected chi connectivity index (χ3v) is 4.90. The van der Waals surface area contributed by atoms with Crippen molar-refractivity contribution in [3.8, 4) is 0 Å². The summed E-state index contributed by atoms with van der Waals surface area (Å²) in [5.74, 6) is -0.329. The molecule has 0 heterocycles. The van der Waals surface area contributed by atoms with Gasteiger partial charge >= 0.3 is 0 Å². The van der Waals surface area contributed by atoms with Gasteiger partial charge in [0.25, 0.3) is 0 Å². The van der Waals surface area contributed by atoms with Gasteiger partial charge in [-0.2, -0.15) is 0 Å². The van der Waals surface area contributed by atoms with Crippen molar-refractivity contribution in [2.24, 2.45) is 5.14 Å². The van der Waals surface area contributed by atoms with E-state index in [0.717, 1.165) is 10.0 Å². The van der Waals surface area contributed by atoms with Crippen LogP contribution in [0.1, 0.15) is 11.1 Å². The van der Waals surface area contributed by atoms with Gasteiger partial charge in [0, 0.05) is 16.7 Å². The Kier molecular flexibility index (Phi) is 4.65. The minimum atomic E-state index is -3.76. The van der Waals surface area contributed by atoms with Crippen LogP contribution in [0.25, 0.3) is 0 Å². The van der Waals surface area contributed by atoms with Crippen LogP contribution in [0.3, 0.4) is 0 Å². The Morgan fingerprint density at radius 2 is 2.00 bits per heavy atom. The van der Waals surface area contributed by atoms with Gasteiger partial charge in [0.2, 0.25) is 10.0 Å². The van der Waals surface area contributed by atoms with Crippen molar-refractivity contribution < 1.29 is 12.8 Å². The molecular weight excluding hydrogens is 359 g/mol. The molecule has 0 aliphatic carbocycles. The molecule has 0 bridgehead atoms. The van der Waals surface area contributed by atoms with Crippen LogP contribution in [0.2, 0.25) is 0 Å². The third-order valence-electron chi connectivity index (χ3n) is 3.07. The van der Waals surface area contributed by atoms with Gasteiger partial charge in [0.05, 0.1) is 4.90 Å². The Bertz CT molecular complexity index is 779. The Morgan fingerprint density at radius 1 is 1.29 bits per heavy atom. The number of hydrogen-bond donors (Lipinski definition) is 2. The topological polar surface area (TPSA) is 72.2 Å². The second kappa shape index (κ2) is 6.13. The normalized spacial score (nSPS) is 11.4. The average Bonchev–Trinajstić information content (AvgIpc) is 2.40. The third kappa shape index (κ3) is 3.81. The molecule has 7 heteroatoms. The number of anilines is 1. The second-order valence-electron chi connectivity index (χ2n) is 4.56. The van der Waals surface area contributed by atoms with E-state index < -0.39 is 10.0 Å². The molecule has 0 aliphatic heterocycles. The first-order chi connectivity index (χ1) is 9.79. The number of primary sulfonamides is 1. The molecule has 0 radical (unpaired) electrons. The molecule has 0 aromatic heterocycles. The summed E-state index contributed by atoms with van der Waals surface area (Å²) in [5.41, 5.74) is 1.90. The molecule has 0 fully saturated rings. The quantitative estimate of drug-likeness (QED) is 0.865. The Balaban J connectivity index is 2.27. The van der Waals surface area contributed by atoms with E-state index in [0.29, 0.717) is 17.8 Å². The standard InChI is InChI=1S/C14H14BrFN2O2S/c1-9-13(3-2-4-14(9)21(17,19)20)18-8-10-7-11(16)5-6-12(10)15/h2-7,18H,8H2,1H3,(H2,17,19,20). The van der Waals surface area contributed by atoms with Crippen LogP contribution in [0, 0.1) is 12.7 Å². The summed E-state index contributed by atoms with van der Waals surface area (Å²) >= 11 is 3.35. The van der Waals surface area contributed by atoms with E-state index >= 15 is 0 Å². The lowest BCUT2D eigenvalue weighted by molar-refractivity contribution is 0.597. The average molecular weight is 373 g/mol. The molecule has 21 heavy (non-hydrogen) atoms. The molecule has 0 atom stereocenters. The second-order valence-corrected chi connectivity index (χ2v) is 6.95. The van der Waals surface area contributed by atoms with Crippen LogP contribution in [0.4, 0.5) is 10.1 Å². The summed E-state index contributed by atoms with van der Waals surface area (Å²) in [5, 5.41) is 8.26. The van der Waals surface area contributed by atoms with Crippen LogP contribution in [0.5, 0.6) is 0 Å². The molecule has 112 valence electrons. The van der Waals surface area contributed by atoms with Gasteiger partial charge in [-0.3, -0.25) is 0 Å². The van der Waals surface area contributed by atoms with Crippen molar-refractivity contribution in [2.75, 3.05) is 5.32 Å². The maximum absolute atomic E-state index is 13.2. The van der Waals surface area contributed by atoms with E-state index in [9.17, 15) is 12.8 Å². The van der Waals surface area contributed by atoms with Crippen molar-refractivity contribution in [1.82, 2.24) is 0 Å². The first-order valence-electron chi connectivity index (χ1n) is 6.09. The zero-order chi connectivity index (χ0) is 15.6. The van der Waals surface area contributed by atoms with Crippen molar-refractivity contribution in [1.29, 1.82) is 0 Å². The van der Waals surface area contributed by atoms with Gasteiger partial charge in [-0.25, -0.2) is 17.9 Å². The predicted octanol–water partition coefficient (Wildman–Crippen LogP) is 3.16. The fraction of sp³-hybridized carbons (Fsp3) is 0.143. The molecule has 0 aliphatic rings. The fourth-order valence-electron chi connectivity index (χ4n) is 1.98. The molecule has 0 unspecified atom stereocenters. The molecule has 0 saturated carbocycles. The molecule has 2 rings (SSSR count). The minimum absolute atomic E-state index is 0.0748. The summed E-state index contributed by atoms with van der Waals surface area (Å²) in [6.45, 7) is 2.02. The molecular formula is C14H14BrFN2O2S. The number of nitrogens with two attached hydrogens (primary N) is 1. The number of sulfonamides is 1. The highest BCUT2D eigenvalue weighted by atomic mass is 79.9. The van der Waals surface area contributed by atoms with Crippen LogP contribution in [-0.2, 0) is 16.6 Å². The maximum atomic E-state index is 13.2. The lowest BCUT2D eigenvalue weighted by Crippen LogP contribution is -2.14. The Hall–Kier alpha value is -1.44. The lowest BCUT2D eigenvalue weighted by atomic mass is 10.1. The van der Waals surface area contributed by atoms with Crippen molar-refractivity contribution in [2.45, 2.75) is 18.4 Å². The van der Waals surface area contributed by atoms with Gasteiger partial charge in [-0.05, 0) is 48.4 Å². The van der Waals surface area contributed by atoms with Gasteiger partial charge in [0.1, 0.15) is 5.82 Å². The van der Waals surface area contributed by atoms with Crippen LogP contribution >= 0.6 is 15.9 Å². The summed E-state index contributed by atoms with van der Waals surface area (Å²) in [4.78, 5) is 0.0748. The van der Waals surface area contributed by atoms with Gasteiger partial charge in [-0.1, -0.05) is 22.0 Å². The molecule has 2 aromatic carbocycles. The molecule has 4 nitrogen and oxygen atoms in total. The predicted molar refractivity (Wildman–Crippen MR) is 84.0 cm³/mol. The summed E-state index contributed by atoms with van der Waals surface area (Å²) < 4.78 is 36.9. The monoisotopic (exact) mass is 372 g/mol. The van der Waals surface area contributed by atoms with Crippen LogP contribution in [0.15, 0.2) is 45.8 Å². The van der Waals surface area contributed by atoms with Crippen LogP contribution < -0.4 is 10.5 Å². The Labute approximate surface area is 131 Å². The summed E-state index contributed by atoms with van der Waals surface area (Å²) in [6, 6.07) is 9.21. The molecule has 0 saturated heterocycles. The van der Waals surface area contributed by atoms with Gasteiger partial charge in [0.15, 0.2) is 0 Å². The zero-order valence-corrected chi connectivity index (χ0v) is 13.6. The number of hydrogen-bond acceptors (Lipinski definition) is 3. The highest BCUT2D eigenvalue weighted by molar-refractivity contribution is 9.10. The van der Waals surface area contributed by atoms with Gasteiger partial charge < -0.3 is 5.32 Å². The van der Waals surface area contributed by atoms with E-state index in [4.69, 9.17) is 5.14 Å². The number of benzene rings is 2. The van der Waals surface area contributed by atoms with Crippen molar-refractivity contribution in [3.63, 3.8) is 0 Å². The first kappa shape index (κ1) is 15.9. The van der Waals surface area contributed by atoms with E-state index in [2.05, 4.69) is 21.2 Å².